The molecular weight excluding hydrogens is 506 g/mol. The number of nitrogens with zero attached hydrogens (tertiary/aromatic N) is 1. The van der Waals surface area contributed by atoms with Crippen LogP contribution in [0.5, 0.6) is 5.75 Å². The van der Waals surface area contributed by atoms with Crippen LogP contribution in [0.4, 0.5) is 17.6 Å². The van der Waals surface area contributed by atoms with Gasteiger partial charge in [0.2, 0.25) is 0 Å². The van der Waals surface area contributed by atoms with Gasteiger partial charge in [-0.2, -0.15) is 13.2 Å². The van der Waals surface area contributed by atoms with Gasteiger partial charge in [-0.3, -0.25) is 4.90 Å². The molecule has 3 rings (SSSR count). The SMILES string of the molecule is CS(=O)(=O)c1cccc(OCCCN(Cc2ccc(F)cc2)Cc2cccc(C(F)(F)F)c2Cl)c1. The van der Waals surface area contributed by atoms with Gasteiger partial charge in [-0.25, -0.2) is 12.8 Å². The first kappa shape index (κ1) is 27.0. The van der Waals surface area contributed by atoms with Crippen molar-refractivity contribution in [3.8, 4) is 5.75 Å². The van der Waals surface area contributed by atoms with E-state index in [2.05, 4.69) is 0 Å². The van der Waals surface area contributed by atoms with Crippen molar-refractivity contribution in [2.45, 2.75) is 30.6 Å². The first-order valence-electron chi connectivity index (χ1n) is 10.7. The molecule has 0 fully saturated rings. The van der Waals surface area contributed by atoms with E-state index in [1.807, 2.05) is 4.90 Å². The second kappa shape index (κ2) is 11.4. The Morgan fingerprint density at radius 2 is 1.66 bits per heavy atom. The third-order valence-electron chi connectivity index (χ3n) is 5.22. The zero-order chi connectivity index (χ0) is 25.6. The van der Waals surface area contributed by atoms with Crippen LogP contribution in [0.25, 0.3) is 0 Å². The monoisotopic (exact) mass is 529 g/mol. The fourth-order valence-corrected chi connectivity index (χ4v) is 4.45. The summed E-state index contributed by atoms with van der Waals surface area (Å²) in [5, 5.41) is -0.349. The van der Waals surface area contributed by atoms with E-state index in [0.29, 0.717) is 30.8 Å². The summed E-state index contributed by atoms with van der Waals surface area (Å²) in [4.78, 5) is 2.04. The quantitative estimate of drug-likeness (QED) is 0.226. The van der Waals surface area contributed by atoms with Gasteiger partial charge >= 0.3 is 6.18 Å². The number of hydrogen-bond donors (Lipinski definition) is 0. The summed E-state index contributed by atoms with van der Waals surface area (Å²) < 4.78 is 82.2. The van der Waals surface area contributed by atoms with E-state index in [9.17, 15) is 26.0 Å². The van der Waals surface area contributed by atoms with Crippen LogP contribution in [-0.2, 0) is 29.1 Å². The number of halogens is 5. The van der Waals surface area contributed by atoms with Crippen molar-refractivity contribution in [1.29, 1.82) is 0 Å². The molecule has 0 aromatic heterocycles. The van der Waals surface area contributed by atoms with Gasteiger partial charge in [0.05, 0.1) is 22.1 Å². The van der Waals surface area contributed by atoms with Crippen molar-refractivity contribution in [3.05, 3.63) is 94.3 Å². The maximum Gasteiger partial charge on any atom is 0.417 e. The third-order valence-corrected chi connectivity index (χ3v) is 6.78. The van der Waals surface area contributed by atoms with Gasteiger partial charge in [-0.15, -0.1) is 0 Å². The molecule has 0 saturated carbocycles. The average Bonchev–Trinajstić information content (AvgIpc) is 2.78. The van der Waals surface area contributed by atoms with Crippen LogP contribution in [0.15, 0.2) is 71.6 Å². The van der Waals surface area contributed by atoms with E-state index in [0.717, 1.165) is 17.9 Å². The van der Waals surface area contributed by atoms with Crippen molar-refractivity contribution in [1.82, 2.24) is 4.90 Å². The van der Waals surface area contributed by atoms with Crippen LogP contribution >= 0.6 is 11.6 Å². The molecule has 3 aromatic carbocycles. The standard InChI is InChI=1S/C25H24ClF4NO3S/c1-35(32,33)22-7-3-6-21(15-22)34-14-4-13-31(16-18-9-11-20(27)12-10-18)17-19-5-2-8-23(24(19)26)25(28,29)30/h2-3,5-12,15H,4,13-14,16-17H2,1H3. The summed E-state index contributed by atoms with van der Waals surface area (Å²) in [6, 6.07) is 15.8. The summed E-state index contributed by atoms with van der Waals surface area (Å²) in [6.45, 7) is 1.19. The summed E-state index contributed by atoms with van der Waals surface area (Å²) >= 11 is 6.08. The molecule has 0 N–H and O–H groups in total. The lowest BCUT2D eigenvalue weighted by Gasteiger charge is -2.24. The summed E-state index contributed by atoms with van der Waals surface area (Å²) in [5.41, 5.74) is 0.217. The highest BCUT2D eigenvalue weighted by molar-refractivity contribution is 7.90. The highest BCUT2D eigenvalue weighted by Gasteiger charge is 2.33. The molecule has 0 aliphatic carbocycles. The molecule has 3 aromatic rings. The van der Waals surface area contributed by atoms with Gasteiger partial charge in [0, 0.05) is 25.9 Å². The minimum Gasteiger partial charge on any atom is -0.494 e. The molecule has 0 unspecified atom stereocenters. The predicted octanol–water partition coefficient (Wildman–Crippen LogP) is 6.37. The van der Waals surface area contributed by atoms with Gasteiger partial charge in [-0.05, 0) is 53.9 Å². The number of sulfone groups is 1. The Morgan fingerprint density at radius 3 is 2.31 bits per heavy atom. The number of hydrogen-bond acceptors (Lipinski definition) is 4. The van der Waals surface area contributed by atoms with Gasteiger partial charge in [-0.1, -0.05) is 41.9 Å². The molecule has 0 atom stereocenters. The highest BCUT2D eigenvalue weighted by Crippen LogP contribution is 2.36. The topological polar surface area (TPSA) is 46.6 Å². The molecule has 0 amide bonds. The molecule has 35 heavy (non-hydrogen) atoms. The van der Waals surface area contributed by atoms with Crippen molar-refractivity contribution in [2.75, 3.05) is 19.4 Å². The first-order valence-corrected chi connectivity index (χ1v) is 12.9. The summed E-state index contributed by atoms with van der Waals surface area (Å²) in [6.07, 6.45) is -2.96. The van der Waals surface area contributed by atoms with E-state index in [4.69, 9.17) is 16.3 Å². The van der Waals surface area contributed by atoms with Gasteiger partial charge in [0.25, 0.3) is 0 Å². The molecule has 0 heterocycles. The molecule has 0 aliphatic rings. The lowest BCUT2D eigenvalue weighted by atomic mass is 10.1. The van der Waals surface area contributed by atoms with Crippen LogP contribution in [0.3, 0.4) is 0 Å². The summed E-state index contributed by atoms with van der Waals surface area (Å²) in [7, 11) is -3.37. The van der Waals surface area contributed by atoms with Crippen molar-refractivity contribution >= 4 is 21.4 Å². The Labute approximate surface area is 207 Å². The van der Waals surface area contributed by atoms with Crippen molar-refractivity contribution in [2.24, 2.45) is 0 Å². The van der Waals surface area contributed by atoms with Gasteiger partial charge in [0.15, 0.2) is 9.84 Å². The normalized spacial score (nSPS) is 12.2. The molecule has 0 saturated heterocycles. The number of benzene rings is 3. The third kappa shape index (κ3) is 7.95. The maximum atomic E-state index is 13.3. The fraction of sp³-hybridized carbons (Fsp3) is 0.280. The largest absolute Gasteiger partial charge is 0.494 e. The molecule has 10 heteroatoms. The van der Waals surface area contributed by atoms with Crippen LogP contribution in [-0.4, -0.2) is 32.7 Å². The zero-order valence-electron chi connectivity index (χ0n) is 18.9. The smallest absolute Gasteiger partial charge is 0.417 e. The van der Waals surface area contributed by atoms with Gasteiger partial charge < -0.3 is 4.74 Å². The number of ether oxygens (including phenoxy) is 1. The average molecular weight is 530 g/mol. The Balaban J connectivity index is 1.70. The van der Waals surface area contributed by atoms with Crippen LogP contribution in [0.2, 0.25) is 5.02 Å². The second-order valence-electron chi connectivity index (χ2n) is 8.06. The molecule has 0 spiro atoms. The first-order chi connectivity index (χ1) is 16.4. The zero-order valence-corrected chi connectivity index (χ0v) is 20.4. The maximum absolute atomic E-state index is 13.3. The van der Waals surface area contributed by atoms with E-state index < -0.39 is 21.6 Å². The Kier molecular flexibility index (Phi) is 8.79. The van der Waals surface area contributed by atoms with Crippen molar-refractivity contribution in [3.63, 3.8) is 0 Å². The predicted molar refractivity (Wildman–Crippen MR) is 127 cm³/mol. The highest BCUT2D eigenvalue weighted by atomic mass is 35.5. The van der Waals surface area contributed by atoms with Crippen LogP contribution < -0.4 is 4.74 Å². The second-order valence-corrected chi connectivity index (χ2v) is 10.5. The van der Waals surface area contributed by atoms with Crippen LogP contribution in [0.1, 0.15) is 23.1 Å². The Morgan fingerprint density at radius 1 is 0.971 bits per heavy atom. The molecular formula is C25H24ClF4NO3S. The minimum absolute atomic E-state index is 0.143. The number of alkyl halides is 3. The molecule has 0 bridgehead atoms. The number of rotatable bonds is 10. The molecule has 4 nitrogen and oxygen atoms in total. The van der Waals surface area contributed by atoms with E-state index in [-0.39, 0.29) is 28.9 Å². The van der Waals surface area contributed by atoms with E-state index in [1.165, 1.54) is 30.3 Å². The molecule has 0 aliphatic heterocycles. The molecule has 188 valence electrons. The fourth-order valence-electron chi connectivity index (χ4n) is 3.50. The lowest BCUT2D eigenvalue weighted by molar-refractivity contribution is -0.137. The molecule has 0 radical (unpaired) electrons. The summed E-state index contributed by atoms with van der Waals surface area (Å²) in [5.74, 6) is 0.0184. The van der Waals surface area contributed by atoms with E-state index >= 15 is 0 Å². The van der Waals surface area contributed by atoms with Crippen LogP contribution in [0, 0.1) is 5.82 Å². The van der Waals surface area contributed by atoms with Crippen molar-refractivity contribution < 1.29 is 30.7 Å². The van der Waals surface area contributed by atoms with Gasteiger partial charge in [0.1, 0.15) is 11.6 Å². The van der Waals surface area contributed by atoms with E-state index in [1.54, 1.807) is 30.3 Å². The lowest BCUT2D eigenvalue weighted by Crippen LogP contribution is -2.26. The Hall–Kier alpha value is -2.62. The minimum atomic E-state index is -4.57. The Bertz CT molecular complexity index is 1250.